The maximum atomic E-state index is 12.3. The van der Waals surface area contributed by atoms with Crippen LogP contribution in [0.4, 0.5) is 10.8 Å². The third kappa shape index (κ3) is 6.47. The van der Waals surface area contributed by atoms with Gasteiger partial charge in [-0.3, -0.25) is 14.9 Å². The van der Waals surface area contributed by atoms with Crippen LogP contribution < -0.4 is 10.6 Å². The number of benzene rings is 1. The molecule has 0 aliphatic rings. The van der Waals surface area contributed by atoms with E-state index in [0.717, 1.165) is 34.9 Å². The van der Waals surface area contributed by atoms with Gasteiger partial charge in [-0.2, -0.15) is 0 Å². The molecule has 0 aliphatic heterocycles. The molecule has 0 spiro atoms. The van der Waals surface area contributed by atoms with E-state index in [1.54, 1.807) is 0 Å². The predicted molar refractivity (Wildman–Crippen MR) is 103 cm³/mol. The van der Waals surface area contributed by atoms with Crippen molar-refractivity contribution in [1.29, 1.82) is 0 Å². The number of nitrogens with zero attached hydrogens (tertiary/aromatic N) is 2. The fourth-order valence-corrected chi connectivity index (χ4v) is 3.67. The standard InChI is InChI=1S/C17H22N4O2S2/c1-4-5-6-15-20-21-17(25-15)19-16(23)11(2)24-14-9-7-13(8-10-14)18-12(3)22/h7-11H,4-6H2,1-3H3,(H,18,22)(H,19,21,23). The fourth-order valence-electron chi connectivity index (χ4n) is 2.02. The van der Waals surface area contributed by atoms with E-state index in [-0.39, 0.29) is 17.1 Å². The van der Waals surface area contributed by atoms with Gasteiger partial charge in [0.1, 0.15) is 5.01 Å². The average molecular weight is 379 g/mol. The number of thioether (sulfide) groups is 1. The fraction of sp³-hybridized carbons (Fsp3) is 0.412. The van der Waals surface area contributed by atoms with E-state index in [1.807, 2.05) is 31.2 Å². The predicted octanol–water partition coefficient (Wildman–Crippen LogP) is 3.96. The second-order valence-corrected chi connectivity index (χ2v) is 8.04. The van der Waals surface area contributed by atoms with Gasteiger partial charge in [0.05, 0.1) is 5.25 Å². The van der Waals surface area contributed by atoms with E-state index in [0.29, 0.717) is 5.13 Å². The lowest BCUT2D eigenvalue weighted by molar-refractivity contribution is -0.115. The van der Waals surface area contributed by atoms with Crippen LogP contribution in [0.5, 0.6) is 0 Å². The zero-order valence-corrected chi connectivity index (χ0v) is 16.2. The van der Waals surface area contributed by atoms with Crippen molar-refractivity contribution in [3.05, 3.63) is 29.3 Å². The smallest absolute Gasteiger partial charge is 0.239 e. The number of hydrogen-bond donors (Lipinski definition) is 2. The van der Waals surface area contributed by atoms with Crippen LogP contribution in [0.1, 0.15) is 38.6 Å². The van der Waals surface area contributed by atoms with E-state index >= 15 is 0 Å². The van der Waals surface area contributed by atoms with Crippen LogP contribution in [0.2, 0.25) is 0 Å². The molecule has 2 N–H and O–H groups in total. The highest BCUT2D eigenvalue weighted by atomic mass is 32.2. The lowest BCUT2D eigenvalue weighted by Gasteiger charge is -2.10. The number of aromatic nitrogens is 2. The molecule has 0 saturated heterocycles. The van der Waals surface area contributed by atoms with Crippen molar-refractivity contribution in [2.45, 2.75) is 50.2 Å². The zero-order chi connectivity index (χ0) is 18.2. The zero-order valence-electron chi connectivity index (χ0n) is 14.5. The SMILES string of the molecule is CCCCc1nnc(NC(=O)C(C)Sc2ccc(NC(C)=O)cc2)s1. The summed E-state index contributed by atoms with van der Waals surface area (Å²) in [7, 11) is 0. The van der Waals surface area contributed by atoms with Gasteiger partial charge in [0.25, 0.3) is 0 Å². The van der Waals surface area contributed by atoms with Crippen LogP contribution in [0.25, 0.3) is 0 Å². The third-order valence-electron chi connectivity index (χ3n) is 3.30. The van der Waals surface area contributed by atoms with E-state index in [2.05, 4.69) is 27.8 Å². The first-order valence-corrected chi connectivity index (χ1v) is 9.85. The Morgan fingerprint density at radius 3 is 2.56 bits per heavy atom. The second kappa shape index (κ2) is 9.53. The van der Waals surface area contributed by atoms with Crippen LogP contribution >= 0.6 is 23.1 Å². The summed E-state index contributed by atoms with van der Waals surface area (Å²) in [4.78, 5) is 24.3. The summed E-state index contributed by atoms with van der Waals surface area (Å²) in [6, 6.07) is 7.40. The molecular weight excluding hydrogens is 356 g/mol. The van der Waals surface area contributed by atoms with E-state index in [9.17, 15) is 9.59 Å². The van der Waals surface area contributed by atoms with Crippen molar-refractivity contribution < 1.29 is 9.59 Å². The molecule has 0 saturated carbocycles. The van der Waals surface area contributed by atoms with Gasteiger partial charge in [0, 0.05) is 23.9 Å². The van der Waals surface area contributed by atoms with Gasteiger partial charge < -0.3 is 5.32 Å². The Morgan fingerprint density at radius 1 is 1.20 bits per heavy atom. The summed E-state index contributed by atoms with van der Waals surface area (Å²) in [6.45, 7) is 5.45. The Morgan fingerprint density at radius 2 is 1.92 bits per heavy atom. The van der Waals surface area contributed by atoms with Gasteiger partial charge in [-0.25, -0.2) is 0 Å². The summed E-state index contributed by atoms with van der Waals surface area (Å²) in [6.07, 6.45) is 3.08. The van der Waals surface area contributed by atoms with Gasteiger partial charge in [0.2, 0.25) is 16.9 Å². The lowest BCUT2D eigenvalue weighted by atomic mass is 10.3. The van der Waals surface area contributed by atoms with Crippen molar-refractivity contribution >= 4 is 45.7 Å². The van der Waals surface area contributed by atoms with Crippen LogP contribution in [0, 0.1) is 0 Å². The molecule has 0 fully saturated rings. The quantitative estimate of drug-likeness (QED) is 0.679. The highest BCUT2D eigenvalue weighted by Crippen LogP contribution is 2.26. The minimum Gasteiger partial charge on any atom is -0.326 e. The van der Waals surface area contributed by atoms with Crippen molar-refractivity contribution in [2.75, 3.05) is 10.6 Å². The lowest BCUT2D eigenvalue weighted by Crippen LogP contribution is -2.22. The normalized spacial score (nSPS) is 11.8. The first-order valence-electron chi connectivity index (χ1n) is 8.15. The topological polar surface area (TPSA) is 84.0 Å². The molecule has 2 amide bonds. The second-order valence-electron chi connectivity index (χ2n) is 5.56. The molecule has 134 valence electrons. The molecule has 8 heteroatoms. The number of rotatable bonds is 8. The number of amides is 2. The van der Waals surface area contributed by atoms with E-state index in [1.165, 1.54) is 30.0 Å². The summed E-state index contributed by atoms with van der Waals surface area (Å²) in [5, 5.41) is 14.9. The molecule has 1 unspecified atom stereocenters. The maximum absolute atomic E-state index is 12.3. The number of aryl methyl sites for hydroxylation is 1. The molecule has 2 aromatic rings. The molecule has 1 aromatic heterocycles. The monoisotopic (exact) mass is 378 g/mol. The average Bonchev–Trinajstić information content (AvgIpc) is 3.01. The van der Waals surface area contributed by atoms with E-state index < -0.39 is 0 Å². The Kier molecular flexibility index (Phi) is 7.39. The molecule has 1 atom stereocenters. The largest absolute Gasteiger partial charge is 0.326 e. The minimum absolute atomic E-state index is 0.103. The van der Waals surface area contributed by atoms with Crippen molar-refractivity contribution in [2.24, 2.45) is 0 Å². The summed E-state index contributed by atoms with van der Waals surface area (Å²) in [5.74, 6) is -0.211. The first kappa shape index (κ1) is 19.4. The molecule has 0 aliphatic carbocycles. The van der Waals surface area contributed by atoms with Crippen molar-refractivity contribution in [1.82, 2.24) is 10.2 Å². The molecule has 1 aromatic carbocycles. The number of nitrogens with one attached hydrogen (secondary N) is 2. The number of carbonyl (C=O) groups excluding carboxylic acids is 2. The molecule has 25 heavy (non-hydrogen) atoms. The van der Waals surface area contributed by atoms with Gasteiger partial charge in [-0.15, -0.1) is 22.0 Å². The molecular formula is C17H22N4O2S2. The Balaban J connectivity index is 1.87. The Labute approximate surface area is 155 Å². The summed E-state index contributed by atoms with van der Waals surface area (Å²) < 4.78 is 0. The highest BCUT2D eigenvalue weighted by molar-refractivity contribution is 8.00. The Bertz CT molecular complexity index is 716. The van der Waals surface area contributed by atoms with Crippen LogP contribution in [-0.4, -0.2) is 27.3 Å². The molecule has 6 nitrogen and oxygen atoms in total. The third-order valence-corrected chi connectivity index (χ3v) is 5.31. The molecule has 0 bridgehead atoms. The summed E-state index contributed by atoms with van der Waals surface area (Å²) in [5.41, 5.74) is 0.738. The highest BCUT2D eigenvalue weighted by Gasteiger charge is 2.16. The number of carbonyl (C=O) groups is 2. The maximum Gasteiger partial charge on any atom is 0.239 e. The van der Waals surface area contributed by atoms with Crippen LogP contribution in [0.3, 0.4) is 0 Å². The van der Waals surface area contributed by atoms with Crippen molar-refractivity contribution in [3.63, 3.8) is 0 Å². The van der Waals surface area contributed by atoms with Gasteiger partial charge in [-0.05, 0) is 37.6 Å². The Hall–Kier alpha value is -1.93. The van der Waals surface area contributed by atoms with E-state index in [4.69, 9.17) is 0 Å². The summed E-state index contributed by atoms with van der Waals surface area (Å²) >= 11 is 2.88. The molecule has 2 rings (SSSR count). The minimum atomic E-state index is -0.269. The number of hydrogen-bond acceptors (Lipinski definition) is 6. The molecule has 1 heterocycles. The number of anilines is 2. The van der Waals surface area contributed by atoms with Gasteiger partial charge in [0.15, 0.2) is 0 Å². The van der Waals surface area contributed by atoms with Crippen LogP contribution in [0.15, 0.2) is 29.2 Å². The van der Waals surface area contributed by atoms with Gasteiger partial charge in [-0.1, -0.05) is 24.7 Å². The molecule has 0 radical (unpaired) electrons. The van der Waals surface area contributed by atoms with Crippen LogP contribution in [-0.2, 0) is 16.0 Å². The van der Waals surface area contributed by atoms with Gasteiger partial charge >= 0.3 is 0 Å². The van der Waals surface area contributed by atoms with Crippen molar-refractivity contribution in [3.8, 4) is 0 Å². The first-order chi connectivity index (χ1) is 12.0. The number of unbranched alkanes of at least 4 members (excludes halogenated alkanes) is 1.